The average molecular weight is 499 g/mol. The molecule has 0 spiro atoms. The standard InChI is InChI=1S/C29H34N6O2/c1-5-20-17-31-28(32-18-20)34-13-11-23(12-14-34)37-24-7-9-26(30-19-24)35-15-10-21-16-22(6-8-25(21)35)33-27(36)29(2,3)4/h6-10,15-19,23H,5,11-14H2,1-4H3,(H,33,36). The van der Waals surface area contributed by atoms with Gasteiger partial charge >= 0.3 is 0 Å². The molecule has 1 aliphatic heterocycles. The van der Waals surface area contributed by atoms with Gasteiger partial charge in [0.2, 0.25) is 11.9 Å². The second-order valence-electron chi connectivity index (χ2n) is 10.6. The molecule has 1 aromatic carbocycles. The van der Waals surface area contributed by atoms with E-state index in [4.69, 9.17) is 4.74 Å². The van der Waals surface area contributed by atoms with Crippen LogP contribution in [0.25, 0.3) is 16.7 Å². The molecule has 5 rings (SSSR count). The molecule has 0 unspecified atom stereocenters. The number of nitrogens with one attached hydrogen (secondary N) is 1. The Bertz CT molecular complexity index is 1360. The van der Waals surface area contributed by atoms with Gasteiger partial charge in [0.05, 0.1) is 11.7 Å². The maximum atomic E-state index is 12.3. The summed E-state index contributed by atoms with van der Waals surface area (Å²) in [5, 5.41) is 4.03. The van der Waals surface area contributed by atoms with Gasteiger partial charge in [-0.2, -0.15) is 0 Å². The molecule has 8 heteroatoms. The molecule has 0 radical (unpaired) electrons. The van der Waals surface area contributed by atoms with Gasteiger partial charge in [0.15, 0.2) is 0 Å². The summed E-state index contributed by atoms with van der Waals surface area (Å²) in [5.41, 5.74) is 2.52. The monoisotopic (exact) mass is 498 g/mol. The Labute approximate surface area is 217 Å². The predicted octanol–water partition coefficient (Wildman–Crippen LogP) is 5.41. The largest absolute Gasteiger partial charge is 0.489 e. The number of carbonyl (C=O) groups excluding carboxylic acids is 1. The van der Waals surface area contributed by atoms with E-state index >= 15 is 0 Å². The van der Waals surface area contributed by atoms with E-state index in [9.17, 15) is 4.79 Å². The Balaban J connectivity index is 1.20. The lowest BCUT2D eigenvalue weighted by atomic mass is 9.95. The van der Waals surface area contributed by atoms with Gasteiger partial charge in [-0.05, 0) is 48.4 Å². The zero-order valence-electron chi connectivity index (χ0n) is 21.9. The summed E-state index contributed by atoms with van der Waals surface area (Å²) in [6.07, 6.45) is 10.5. The molecule has 0 saturated carbocycles. The summed E-state index contributed by atoms with van der Waals surface area (Å²) in [6, 6.07) is 11.9. The molecule has 192 valence electrons. The summed E-state index contributed by atoms with van der Waals surface area (Å²) >= 11 is 0. The quantitative estimate of drug-likeness (QED) is 0.383. The van der Waals surface area contributed by atoms with Crippen LogP contribution in [0.5, 0.6) is 5.75 Å². The Morgan fingerprint density at radius 3 is 2.43 bits per heavy atom. The number of piperidine rings is 1. The Morgan fingerprint density at radius 2 is 1.78 bits per heavy atom. The molecule has 1 saturated heterocycles. The molecule has 4 heterocycles. The Morgan fingerprint density at radius 1 is 1.03 bits per heavy atom. The van der Waals surface area contributed by atoms with E-state index in [0.29, 0.717) is 0 Å². The number of benzene rings is 1. The molecule has 3 aromatic heterocycles. The summed E-state index contributed by atoms with van der Waals surface area (Å²) in [5.74, 6) is 2.38. The van der Waals surface area contributed by atoms with Gasteiger partial charge in [0, 0.05) is 61.0 Å². The van der Waals surface area contributed by atoms with Crippen LogP contribution >= 0.6 is 0 Å². The van der Waals surface area contributed by atoms with Gasteiger partial charge in [0.25, 0.3) is 0 Å². The third-order valence-corrected chi connectivity index (χ3v) is 6.72. The summed E-state index contributed by atoms with van der Waals surface area (Å²) in [4.78, 5) is 28.2. The van der Waals surface area contributed by atoms with Crippen molar-refractivity contribution in [1.82, 2.24) is 19.5 Å². The fourth-order valence-corrected chi connectivity index (χ4v) is 4.38. The number of amides is 1. The lowest BCUT2D eigenvalue weighted by Gasteiger charge is -2.32. The zero-order chi connectivity index (χ0) is 26.0. The van der Waals surface area contributed by atoms with Gasteiger partial charge < -0.3 is 19.5 Å². The highest BCUT2D eigenvalue weighted by Gasteiger charge is 2.23. The van der Waals surface area contributed by atoms with Crippen molar-refractivity contribution in [2.45, 2.75) is 53.1 Å². The Hall–Kier alpha value is -3.94. The number of fused-ring (bicyclic) bond motifs is 1. The Kier molecular flexibility index (Phi) is 6.82. The molecule has 0 aliphatic carbocycles. The number of anilines is 2. The second kappa shape index (κ2) is 10.2. The first-order chi connectivity index (χ1) is 17.8. The highest BCUT2D eigenvalue weighted by molar-refractivity contribution is 5.96. The number of hydrogen-bond acceptors (Lipinski definition) is 6. The van der Waals surface area contributed by atoms with E-state index in [1.165, 1.54) is 0 Å². The highest BCUT2D eigenvalue weighted by Crippen LogP contribution is 2.26. The van der Waals surface area contributed by atoms with Crippen molar-refractivity contribution in [1.29, 1.82) is 0 Å². The number of aryl methyl sites for hydroxylation is 1. The van der Waals surface area contributed by atoms with Crippen molar-refractivity contribution < 1.29 is 9.53 Å². The van der Waals surface area contributed by atoms with Gasteiger partial charge in [-0.3, -0.25) is 4.79 Å². The van der Waals surface area contributed by atoms with Crippen molar-refractivity contribution in [3.8, 4) is 11.6 Å². The van der Waals surface area contributed by atoms with Crippen LogP contribution in [-0.4, -0.2) is 44.6 Å². The first-order valence-corrected chi connectivity index (χ1v) is 12.9. The summed E-state index contributed by atoms with van der Waals surface area (Å²) < 4.78 is 8.27. The van der Waals surface area contributed by atoms with E-state index in [0.717, 1.165) is 72.0 Å². The highest BCUT2D eigenvalue weighted by atomic mass is 16.5. The lowest BCUT2D eigenvalue weighted by molar-refractivity contribution is -0.123. The van der Waals surface area contributed by atoms with Crippen LogP contribution in [0.4, 0.5) is 11.6 Å². The normalized spacial score (nSPS) is 14.6. The number of pyridine rings is 1. The number of ether oxygens (including phenoxy) is 1. The molecule has 0 bridgehead atoms. The fourth-order valence-electron chi connectivity index (χ4n) is 4.38. The third kappa shape index (κ3) is 5.58. The topological polar surface area (TPSA) is 85.2 Å². The molecule has 4 aromatic rings. The minimum atomic E-state index is -0.444. The predicted molar refractivity (Wildman–Crippen MR) is 146 cm³/mol. The van der Waals surface area contributed by atoms with Crippen LogP contribution in [0, 0.1) is 5.41 Å². The van der Waals surface area contributed by atoms with Crippen molar-refractivity contribution in [3.63, 3.8) is 0 Å². The van der Waals surface area contributed by atoms with Crippen molar-refractivity contribution >= 4 is 28.4 Å². The van der Waals surface area contributed by atoms with E-state index in [1.807, 2.05) is 80.3 Å². The van der Waals surface area contributed by atoms with Crippen LogP contribution in [0.3, 0.4) is 0 Å². The van der Waals surface area contributed by atoms with Gasteiger partial charge in [-0.25, -0.2) is 15.0 Å². The molecule has 1 fully saturated rings. The molecule has 1 amide bonds. The fraction of sp³-hybridized carbons (Fsp3) is 0.379. The van der Waals surface area contributed by atoms with Crippen LogP contribution in [0.2, 0.25) is 0 Å². The van der Waals surface area contributed by atoms with Crippen molar-refractivity contribution in [3.05, 3.63) is 66.7 Å². The van der Waals surface area contributed by atoms with E-state index in [1.54, 1.807) is 6.20 Å². The third-order valence-electron chi connectivity index (χ3n) is 6.72. The van der Waals surface area contributed by atoms with Gasteiger partial charge in [-0.15, -0.1) is 0 Å². The minimum absolute atomic E-state index is 0.00632. The summed E-state index contributed by atoms with van der Waals surface area (Å²) in [7, 11) is 0. The first kappa shape index (κ1) is 24.7. The number of aromatic nitrogens is 4. The van der Waals surface area contributed by atoms with Crippen molar-refractivity contribution in [2.75, 3.05) is 23.3 Å². The van der Waals surface area contributed by atoms with E-state index < -0.39 is 5.41 Å². The van der Waals surface area contributed by atoms with Crippen LogP contribution in [-0.2, 0) is 11.2 Å². The molecule has 1 N–H and O–H groups in total. The smallest absolute Gasteiger partial charge is 0.229 e. The van der Waals surface area contributed by atoms with Crippen LogP contribution in [0.1, 0.15) is 46.1 Å². The molecule has 8 nitrogen and oxygen atoms in total. The maximum Gasteiger partial charge on any atom is 0.229 e. The number of carbonyl (C=O) groups is 1. The van der Waals surface area contributed by atoms with Crippen molar-refractivity contribution in [2.24, 2.45) is 5.41 Å². The second-order valence-corrected chi connectivity index (χ2v) is 10.6. The number of rotatable bonds is 6. The molecule has 37 heavy (non-hydrogen) atoms. The maximum absolute atomic E-state index is 12.3. The lowest BCUT2D eigenvalue weighted by Crippen LogP contribution is -2.39. The van der Waals surface area contributed by atoms with E-state index in [-0.39, 0.29) is 12.0 Å². The van der Waals surface area contributed by atoms with Crippen LogP contribution < -0.4 is 15.0 Å². The summed E-state index contributed by atoms with van der Waals surface area (Å²) in [6.45, 7) is 9.56. The number of nitrogens with zero attached hydrogens (tertiary/aromatic N) is 5. The molecule has 0 atom stereocenters. The molecular formula is C29H34N6O2. The molecular weight excluding hydrogens is 464 g/mol. The van der Waals surface area contributed by atoms with Crippen LogP contribution in [0.15, 0.2) is 61.2 Å². The van der Waals surface area contributed by atoms with Gasteiger partial charge in [0.1, 0.15) is 17.7 Å². The van der Waals surface area contributed by atoms with E-state index in [2.05, 4.69) is 32.1 Å². The zero-order valence-corrected chi connectivity index (χ0v) is 21.9. The average Bonchev–Trinajstić information content (AvgIpc) is 3.32. The first-order valence-electron chi connectivity index (χ1n) is 12.9. The number of hydrogen-bond donors (Lipinski definition) is 1. The van der Waals surface area contributed by atoms with Gasteiger partial charge in [-0.1, -0.05) is 27.7 Å². The minimum Gasteiger partial charge on any atom is -0.489 e. The molecule has 1 aliphatic rings. The SMILES string of the molecule is CCc1cnc(N2CCC(Oc3ccc(-n4ccc5cc(NC(=O)C(C)(C)C)ccc54)nc3)CC2)nc1.